The highest BCUT2D eigenvalue weighted by atomic mass is 16.5. The van der Waals surface area contributed by atoms with E-state index in [9.17, 15) is 9.90 Å². The molecule has 0 radical (unpaired) electrons. The summed E-state index contributed by atoms with van der Waals surface area (Å²) in [5.74, 6) is 0.785. The van der Waals surface area contributed by atoms with Crippen LogP contribution in [0.4, 0.5) is 0 Å². The van der Waals surface area contributed by atoms with E-state index < -0.39 is 6.10 Å². The normalized spacial score (nSPS) is 15.5. The van der Waals surface area contributed by atoms with Crippen LogP contribution in [0, 0.1) is 13.8 Å². The molecule has 1 aliphatic rings. The molecule has 140 valence electrons. The first-order valence-corrected chi connectivity index (χ1v) is 9.15. The third-order valence-corrected chi connectivity index (χ3v) is 4.72. The average Bonchev–Trinajstić information content (AvgIpc) is 2.59. The number of aromatic nitrogens is 2. The fourth-order valence-corrected chi connectivity index (χ4v) is 3.46. The van der Waals surface area contributed by atoms with Gasteiger partial charge in [-0.05, 0) is 50.5 Å². The molecule has 1 aromatic carbocycles. The summed E-state index contributed by atoms with van der Waals surface area (Å²) in [6, 6.07) is 6.03. The largest absolute Gasteiger partial charge is 0.491 e. The number of hydrogen-bond acceptors (Lipinski definition) is 5. The zero-order valence-electron chi connectivity index (χ0n) is 15.7. The summed E-state index contributed by atoms with van der Waals surface area (Å²) in [5, 5.41) is 10.3. The predicted octanol–water partition coefficient (Wildman–Crippen LogP) is 1.68. The fraction of sp³-hybridized carbons (Fsp3) is 0.500. The molecule has 0 fully saturated rings. The molecular formula is C20H27N3O3. The van der Waals surface area contributed by atoms with Crippen LogP contribution in [0.5, 0.6) is 5.75 Å². The third kappa shape index (κ3) is 4.31. The monoisotopic (exact) mass is 357 g/mol. The molecule has 3 rings (SSSR count). The molecule has 0 saturated heterocycles. The number of benzene rings is 1. The Bertz CT molecular complexity index is 811. The van der Waals surface area contributed by atoms with E-state index >= 15 is 0 Å². The smallest absolute Gasteiger partial charge is 0.256 e. The van der Waals surface area contributed by atoms with Crippen molar-refractivity contribution < 1.29 is 9.84 Å². The number of nitrogens with zero attached hydrogens (tertiary/aromatic N) is 3. The second-order valence-corrected chi connectivity index (χ2v) is 7.03. The molecule has 0 unspecified atom stereocenters. The Balaban J connectivity index is 1.56. The Morgan fingerprint density at radius 2 is 2.00 bits per heavy atom. The number of ether oxygens (including phenoxy) is 1. The summed E-state index contributed by atoms with van der Waals surface area (Å²) in [6.07, 6.45) is 1.70. The second-order valence-electron chi connectivity index (χ2n) is 7.03. The molecule has 1 atom stereocenters. The average molecular weight is 357 g/mol. The lowest BCUT2D eigenvalue weighted by Crippen LogP contribution is -2.41. The maximum Gasteiger partial charge on any atom is 0.256 e. The van der Waals surface area contributed by atoms with Crippen LogP contribution in [0.25, 0.3) is 0 Å². The van der Waals surface area contributed by atoms with Crippen LogP contribution >= 0.6 is 0 Å². The van der Waals surface area contributed by atoms with E-state index in [4.69, 9.17) is 4.74 Å². The first kappa shape index (κ1) is 18.6. The lowest BCUT2D eigenvalue weighted by molar-refractivity contribution is 0.0630. The second kappa shape index (κ2) is 8.01. The van der Waals surface area contributed by atoms with Gasteiger partial charge < -0.3 is 9.84 Å². The molecule has 0 spiro atoms. The van der Waals surface area contributed by atoms with Gasteiger partial charge in [-0.2, -0.15) is 0 Å². The molecule has 2 heterocycles. The van der Waals surface area contributed by atoms with E-state index in [1.807, 2.05) is 32.9 Å². The van der Waals surface area contributed by atoms with Crippen molar-refractivity contribution in [1.29, 1.82) is 0 Å². The molecule has 0 bridgehead atoms. The number of hydrogen-bond donors (Lipinski definition) is 1. The molecule has 1 aromatic heterocycles. The van der Waals surface area contributed by atoms with Gasteiger partial charge in [-0.3, -0.25) is 14.3 Å². The van der Waals surface area contributed by atoms with E-state index in [0.717, 1.165) is 34.7 Å². The van der Waals surface area contributed by atoms with Gasteiger partial charge in [0.25, 0.3) is 5.56 Å². The van der Waals surface area contributed by atoms with Crippen LogP contribution in [-0.2, 0) is 19.5 Å². The van der Waals surface area contributed by atoms with Gasteiger partial charge in [0.1, 0.15) is 18.5 Å². The van der Waals surface area contributed by atoms with Crippen molar-refractivity contribution in [1.82, 2.24) is 14.5 Å². The van der Waals surface area contributed by atoms with Gasteiger partial charge >= 0.3 is 0 Å². The van der Waals surface area contributed by atoms with Crippen LogP contribution in [0.1, 0.15) is 29.3 Å². The van der Waals surface area contributed by atoms with E-state index in [1.165, 1.54) is 0 Å². The standard InChI is InChI=1S/C20H27N3O3/c1-4-23-13-21-19-11-22(6-5-18(19)20(23)25)10-16(24)12-26-17-8-14(2)7-15(3)9-17/h7-9,13,16,24H,4-6,10-12H2,1-3H3/t16-/m0/s1. The number of aryl methyl sites for hydroxylation is 3. The van der Waals surface area contributed by atoms with E-state index in [2.05, 4.69) is 16.0 Å². The minimum absolute atomic E-state index is 0.0656. The summed E-state index contributed by atoms with van der Waals surface area (Å²) in [6.45, 7) is 8.73. The van der Waals surface area contributed by atoms with Gasteiger partial charge in [-0.15, -0.1) is 0 Å². The molecule has 26 heavy (non-hydrogen) atoms. The highest BCUT2D eigenvalue weighted by molar-refractivity contribution is 5.33. The minimum atomic E-state index is -0.589. The molecule has 0 aliphatic carbocycles. The Morgan fingerprint density at radius 3 is 2.69 bits per heavy atom. The van der Waals surface area contributed by atoms with E-state index in [1.54, 1.807) is 10.9 Å². The number of aliphatic hydroxyl groups is 1. The quantitative estimate of drug-likeness (QED) is 0.852. The summed E-state index contributed by atoms with van der Waals surface area (Å²) in [4.78, 5) is 18.9. The molecule has 1 aliphatic heterocycles. The summed E-state index contributed by atoms with van der Waals surface area (Å²) in [7, 11) is 0. The maximum atomic E-state index is 12.3. The summed E-state index contributed by atoms with van der Waals surface area (Å²) < 4.78 is 7.38. The third-order valence-electron chi connectivity index (χ3n) is 4.72. The summed E-state index contributed by atoms with van der Waals surface area (Å²) >= 11 is 0. The number of β-amino-alcohol motifs (C(OH)–C–C–N with tert-alkyl or cyclic N) is 1. The van der Waals surface area contributed by atoms with Crippen molar-refractivity contribution in [3.8, 4) is 5.75 Å². The summed E-state index contributed by atoms with van der Waals surface area (Å²) in [5.41, 5.74) is 3.99. The number of aliphatic hydroxyl groups excluding tert-OH is 1. The first-order chi connectivity index (χ1) is 12.5. The van der Waals surface area contributed by atoms with Crippen molar-refractivity contribution in [2.75, 3.05) is 19.7 Å². The molecule has 6 nitrogen and oxygen atoms in total. The van der Waals surface area contributed by atoms with Gasteiger partial charge in [0.2, 0.25) is 0 Å². The van der Waals surface area contributed by atoms with Crippen LogP contribution in [0.15, 0.2) is 29.3 Å². The SMILES string of the molecule is CCn1cnc2c(c1=O)CCN(C[C@H](O)COc1cc(C)cc(C)c1)C2. The minimum Gasteiger partial charge on any atom is -0.491 e. The van der Waals surface area contributed by atoms with Crippen molar-refractivity contribution >= 4 is 0 Å². The number of fused-ring (bicyclic) bond motifs is 1. The molecule has 2 aromatic rings. The van der Waals surface area contributed by atoms with Crippen molar-refractivity contribution in [3.63, 3.8) is 0 Å². The lowest BCUT2D eigenvalue weighted by atomic mass is 10.1. The Hall–Kier alpha value is -2.18. The van der Waals surface area contributed by atoms with Crippen LogP contribution in [0.2, 0.25) is 0 Å². The van der Waals surface area contributed by atoms with Crippen LogP contribution < -0.4 is 10.3 Å². The van der Waals surface area contributed by atoms with E-state index in [0.29, 0.717) is 26.1 Å². The first-order valence-electron chi connectivity index (χ1n) is 9.15. The molecular weight excluding hydrogens is 330 g/mol. The highest BCUT2D eigenvalue weighted by Crippen LogP contribution is 2.17. The predicted molar refractivity (Wildman–Crippen MR) is 101 cm³/mol. The zero-order chi connectivity index (χ0) is 18.7. The molecule has 0 amide bonds. The Labute approximate surface area is 154 Å². The van der Waals surface area contributed by atoms with Crippen molar-refractivity contribution in [3.05, 3.63) is 57.3 Å². The molecule has 6 heteroatoms. The van der Waals surface area contributed by atoms with E-state index in [-0.39, 0.29) is 12.2 Å². The fourth-order valence-electron chi connectivity index (χ4n) is 3.46. The van der Waals surface area contributed by atoms with Crippen LogP contribution in [0.3, 0.4) is 0 Å². The van der Waals surface area contributed by atoms with Gasteiger partial charge in [-0.25, -0.2) is 4.98 Å². The zero-order valence-corrected chi connectivity index (χ0v) is 15.7. The van der Waals surface area contributed by atoms with Crippen molar-refractivity contribution in [2.24, 2.45) is 0 Å². The maximum absolute atomic E-state index is 12.3. The molecule has 0 saturated carbocycles. The van der Waals surface area contributed by atoms with Crippen molar-refractivity contribution in [2.45, 2.75) is 46.4 Å². The highest BCUT2D eigenvalue weighted by Gasteiger charge is 2.22. The Morgan fingerprint density at radius 1 is 1.27 bits per heavy atom. The topological polar surface area (TPSA) is 67.6 Å². The van der Waals surface area contributed by atoms with Gasteiger partial charge in [0, 0.05) is 31.7 Å². The van der Waals surface area contributed by atoms with Crippen LogP contribution in [-0.4, -0.2) is 45.4 Å². The van der Waals surface area contributed by atoms with Gasteiger partial charge in [0.15, 0.2) is 0 Å². The number of rotatable bonds is 6. The van der Waals surface area contributed by atoms with Gasteiger partial charge in [-0.1, -0.05) is 6.07 Å². The lowest BCUT2D eigenvalue weighted by Gasteiger charge is -2.29. The molecule has 1 N–H and O–H groups in total. The Kier molecular flexibility index (Phi) is 5.74. The van der Waals surface area contributed by atoms with Gasteiger partial charge in [0.05, 0.1) is 12.0 Å².